The minimum absolute atomic E-state index is 0.303. The Kier molecular flexibility index (Phi) is 5.34. The van der Waals surface area contributed by atoms with E-state index in [0.717, 1.165) is 51.0 Å². The average molecular weight is 249 g/mol. The number of anilines is 1. The fourth-order valence-corrected chi connectivity index (χ4v) is 2.35. The second-order valence-corrected chi connectivity index (χ2v) is 4.81. The molecule has 1 heterocycles. The Morgan fingerprint density at radius 2 is 2.06 bits per heavy atom. The molecule has 0 aliphatic carbocycles. The summed E-state index contributed by atoms with van der Waals surface area (Å²) in [5.74, 6) is 0.995. The van der Waals surface area contributed by atoms with E-state index < -0.39 is 0 Å². The molecule has 0 atom stereocenters. The maximum Gasteiger partial charge on any atom is 0.142 e. The standard InChI is InChI=1S/C15H23NO2/c17-11-3-1-2-4-12-18-14-9-5-7-13-8-6-10-16-15(13)14/h5,7,9,16-17H,1-4,6,8,10-12H2. The van der Waals surface area contributed by atoms with Crippen LogP contribution < -0.4 is 10.1 Å². The summed E-state index contributed by atoms with van der Waals surface area (Å²) in [5, 5.41) is 12.1. The third-order valence-corrected chi connectivity index (χ3v) is 3.35. The lowest BCUT2D eigenvalue weighted by Crippen LogP contribution is -2.13. The van der Waals surface area contributed by atoms with Gasteiger partial charge < -0.3 is 15.2 Å². The molecule has 0 bridgehead atoms. The third-order valence-electron chi connectivity index (χ3n) is 3.35. The number of fused-ring (bicyclic) bond motifs is 1. The summed E-state index contributed by atoms with van der Waals surface area (Å²) >= 11 is 0. The molecule has 1 aliphatic heterocycles. The Hall–Kier alpha value is -1.22. The maximum absolute atomic E-state index is 8.69. The molecule has 18 heavy (non-hydrogen) atoms. The Morgan fingerprint density at radius 1 is 1.17 bits per heavy atom. The first kappa shape index (κ1) is 13.2. The van der Waals surface area contributed by atoms with Crippen LogP contribution in [0.5, 0.6) is 5.75 Å². The summed E-state index contributed by atoms with van der Waals surface area (Å²) in [5.41, 5.74) is 2.57. The van der Waals surface area contributed by atoms with E-state index in [1.165, 1.54) is 17.7 Å². The van der Waals surface area contributed by atoms with Crippen LogP contribution in [-0.4, -0.2) is 24.9 Å². The molecule has 2 N–H and O–H groups in total. The smallest absolute Gasteiger partial charge is 0.142 e. The quantitative estimate of drug-likeness (QED) is 0.730. The van der Waals surface area contributed by atoms with Gasteiger partial charge in [-0.3, -0.25) is 0 Å². The van der Waals surface area contributed by atoms with Gasteiger partial charge in [-0.05, 0) is 43.7 Å². The maximum atomic E-state index is 8.69. The summed E-state index contributed by atoms with van der Waals surface area (Å²) in [4.78, 5) is 0. The van der Waals surface area contributed by atoms with Gasteiger partial charge in [-0.25, -0.2) is 0 Å². The first-order valence-corrected chi connectivity index (χ1v) is 7.01. The normalized spacial score (nSPS) is 13.8. The van der Waals surface area contributed by atoms with Crippen LogP contribution in [0.15, 0.2) is 18.2 Å². The van der Waals surface area contributed by atoms with Gasteiger partial charge in [0.25, 0.3) is 0 Å². The zero-order chi connectivity index (χ0) is 12.6. The number of ether oxygens (including phenoxy) is 1. The van der Waals surface area contributed by atoms with Crippen molar-refractivity contribution in [1.29, 1.82) is 0 Å². The molecule has 0 radical (unpaired) electrons. The van der Waals surface area contributed by atoms with E-state index in [1.54, 1.807) is 0 Å². The lowest BCUT2D eigenvalue weighted by atomic mass is 10.0. The van der Waals surface area contributed by atoms with Crippen LogP contribution in [0.4, 0.5) is 5.69 Å². The Balaban J connectivity index is 1.79. The highest BCUT2D eigenvalue weighted by molar-refractivity contribution is 5.63. The van der Waals surface area contributed by atoms with Gasteiger partial charge in [-0.2, -0.15) is 0 Å². The highest BCUT2D eigenvalue weighted by atomic mass is 16.5. The van der Waals surface area contributed by atoms with E-state index in [0.29, 0.717) is 6.61 Å². The number of para-hydroxylation sites is 1. The first-order valence-electron chi connectivity index (χ1n) is 7.01. The summed E-state index contributed by atoms with van der Waals surface area (Å²) in [6.45, 7) is 2.12. The zero-order valence-corrected chi connectivity index (χ0v) is 11.0. The molecule has 0 saturated carbocycles. The molecule has 0 saturated heterocycles. The Labute approximate surface area is 109 Å². The van der Waals surface area contributed by atoms with Crippen molar-refractivity contribution in [2.24, 2.45) is 0 Å². The van der Waals surface area contributed by atoms with Gasteiger partial charge in [-0.15, -0.1) is 0 Å². The number of hydrogen-bond donors (Lipinski definition) is 2. The summed E-state index contributed by atoms with van der Waals surface area (Å²) in [6.07, 6.45) is 6.54. The highest BCUT2D eigenvalue weighted by Crippen LogP contribution is 2.32. The second kappa shape index (κ2) is 7.27. The van der Waals surface area contributed by atoms with Crippen molar-refractivity contribution in [3.8, 4) is 5.75 Å². The van der Waals surface area contributed by atoms with Crippen LogP contribution >= 0.6 is 0 Å². The lowest BCUT2D eigenvalue weighted by molar-refractivity contribution is 0.273. The van der Waals surface area contributed by atoms with E-state index in [1.807, 2.05) is 6.07 Å². The number of unbranched alkanes of at least 4 members (excludes halogenated alkanes) is 3. The van der Waals surface area contributed by atoms with Crippen molar-refractivity contribution >= 4 is 5.69 Å². The van der Waals surface area contributed by atoms with Gasteiger partial charge in [0.15, 0.2) is 0 Å². The molecular formula is C15H23NO2. The van der Waals surface area contributed by atoms with E-state index >= 15 is 0 Å². The zero-order valence-electron chi connectivity index (χ0n) is 11.0. The summed E-state index contributed by atoms with van der Waals surface area (Å²) in [7, 11) is 0. The molecule has 3 nitrogen and oxygen atoms in total. The highest BCUT2D eigenvalue weighted by Gasteiger charge is 2.12. The molecule has 2 rings (SSSR count). The van der Waals surface area contributed by atoms with Crippen LogP contribution in [0.2, 0.25) is 0 Å². The van der Waals surface area contributed by atoms with Crippen LogP contribution in [0.1, 0.15) is 37.7 Å². The van der Waals surface area contributed by atoms with E-state index in [-0.39, 0.29) is 0 Å². The SMILES string of the molecule is OCCCCCCOc1cccc2c1NCCC2. The van der Waals surface area contributed by atoms with Gasteiger partial charge in [0.2, 0.25) is 0 Å². The molecule has 100 valence electrons. The van der Waals surface area contributed by atoms with Crippen LogP contribution in [0, 0.1) is 0 Å². The second-order valence-electron chi connectivity index (χ2n) is 4.81. The molecular weight excluding hydrogens is 226 g/mol. The number of aryl methyl sites for hydroxylation is 1. The largest absolute Gasteiger partial charge is 0.491 e. The predicted octanol–water partition coefficient (Wildman–Crippen LogP) is 2.98. The van der Waals surface area contributed by atoms with Crippen molar-refractivity contribution in [2.45, 2.75) is 38.5 Å². The van der Waals surface area contributed by atoms with Gasteiger partial charge >= 0.3 is 0 Å². The van der Waals surface area contributed by atoms with E-state index in [4.69, 9.17) is 9.84 Å². The predicted molar refractivity (Wildman–Crippen MR) is 74.3 cm³/mol. The fourth-order valence-electron chi connectivity index (χ4n) is 2.35. The summed E-state index contributed by atoms with van der Waals surface area (Å²) in [6, 6.07) is 6.30. The minimum Gasteiger partial charge on any atom is -0.491 e. The van der Waals surface area contributed by atoms with Gasteiger partial charge in [0.1, 0.15) is 5.75 Å². The molecule has 1 aliphatic rings. The van der Waals surface area contributed by atoms with Crippen LogP contribution in [0.25, 0.3) is 0 Å². The molecule has 3 heteroatoms. The molecule has 1 aromatic rings. The topological polar surface area (TPSA) is 41.5 Å². The van der Waals surface area contributed by atoms with Gasteiger partial charge in [-0.1, -0.05) is 18.6 Å². The minimum atomic E-state index is 0.303. The molecule has 0 amide bonds. The van der Waals surface area contributed by atoms with Crippen molar-refractivity contribution in [3.05, 3.63) is 23.8 Å². The Bertz CT molecular complexity index is 366. The van der Waals surface area contributed by atoms with Crippen molar-refractivity contribution in [3.63, 3.8) is 0 Å². The fraction of sp³-hybridized carbons (Fsp3) is 0.600. The number of benzene rings is 1. The molecule has 0 fully saturated rings. The molecule has 0 spiro atoms. The summed E-state index contributed by atoms with van der Waals surface area (Å²) < 4.78 is 5.86. The third kappa shape index (κ3) is 3.64. The number of hydrogen-bond acceptors (Lipinski definition) is 3. The lowest BCUT2D eigenvalue weighted by Gasteiger charge is -2.21. The van der Waals surface area contributed by atoms with Crippen molar-refractivity contribution < 1.29 is 9.84 Å². The van der Waals surface area contributed by atoms with Crippen molar-refractivity contribution in [2.75, 3.05) is 25.1 Å². The first-order chi connectivity index (χ1) is 8.92. The Morgan fingerprint density at radius 3 is 2.94 bits per heavy atom. The molecule has 0 aromatic heterocycles. The van der Waals surface area contributed by atoms with E-state index in [9.17, 15) is 0 Å². The number of rotatable bonds is 7. The van der Waals surface area contributed by atoms with Crippen LogP contribution in [-0.2, 0) is 6.42 Å². The van der Waals surface area contributed by atoms with Gasteiger partial charge in [0.05, 0.1) is 12.3 Å². The van der Waals surface area contributed by atoms with E-state index in [2.05, 4.69) is 17.4 Å². The van der Waals surface area contributed by atoms with Gasteiger partial charge in [0, 0.05) is 13.2 Å². The molecule has 0 unspecified atom stereocenters. The van der Waals surface area contributed by atoms with Crippen LogP contribution in [0.3, 0.4) is 0 Å². The number of aliphatic hydroxyl groups is 1. The molecule has 1 aromatic carbocycles. The number of aliphatic hydroxyl groups excluding tert-OH is 1. The average Bonchev–Trinajstić information content (AvgIpc) is 2.43. The monoisotopic (exact) mass is 249 g/mol. The number of nitrogens with one attached hydrogen (secondary N) is 1. The van der Waals surface area contributed by atoms with Crippen molar-refractivity contribution in [1.82, 2.24) is 0 Å².